The van der Waals surface area contributed by atoms with E-state index < -0.39 is 0 Å². The molecule has 1 aliphatic rings. The molecule has 2 nitrogen and oxygen atoms in total. The smallest absolute Gasteiger partial charge is 0.0233 e. The Bertz CT molecular complexity index is 204. The lowest BCUT2D eigenvalue weighted by atomic mass is 10.0. The zero-order chi connectivity index (χ0) is 10.3. The summed E-state index contributed by atoms with van der Waals surface area (Å²) in [6.07, 6.45) is 5.00. The van der Waals surface area contributed by atoms with Gasteiger partial charge in [-0.1, -0.05) is 25.3 Å². The molecule has 0 saturated carbocycles. The molecule has 0 fully saturated rings. The first kappa shape index (κ1) is 12.1. The molecule has 0 unspecified atom stereocenters. The summed E-state index contributed by atoms with van der Waals surface area (Å²) in [5.74, 6) is 0. The quantitative estimate of drug-likeness (QED) is 0.699. The van der Waals surface area contributed by atoms with Crippen molar-refractivity contribution in [1.82, 2.24) is 4.90 Å². The van der Waals surface area contributed by atoms with Gasteiger partial charge in [-0.25, -0.2) is 0 Å². The fraction of sp³-hybridized carbons (Fsp3) is 0.455. The predicted molar refractivity (Wildman–Crippen MR) is 59.6 cm³/mol. The van der Waals surface area contributed by atoms with Crippen LogP contribution in [0, 0.1) is 0 Å². The molecule has 2 heteroatoms. The lowest BCUT2D eigenvalue weighted by Gasteiger charge is -2.24. The lowest BCUT2D eigenvalue weighted by molar-refractivity contribution is 0.354. The van der Waals surface area contributed by atoms with Crippen LogP contribution in [0.4, 0.5) is 0 Å². The maximum atomic E-state index is 4.50. The maximum absolute atomic E-state index is 4.50. The SMILES string of the molecule is C=CC1=C(C=C)CN(C)CC1.CN. The van der Waals surface area contributed by atoms with Crippen molar-refractivity contribution in [2.24, 2.45) is 5.73 Å². The molecule has 0 aromatic rings. The van der Waals surface area contributed by atoms with Gasteiger partial charge in [-0.15, -0.1) is 0 Å². The maximum Gasteiger partial charge on any atom is 0.0233 e. The third kappa shape index (κ3) is 3.57. The molecule has 0 aliphatic carbocycles. The van der Waals surface area contributed by atoms with E-state index in [0.717, 1.165) is 19.5 Å². The molecule has 0 atom stereocenters. The average molecular weight is 180 g/mol. The monoisotopic (exact) mass is 180 g/mol. The second-order valence-electron chi connectivity index (χ2n) is 2.95. The van der Waals surface area contributed by atoms with Crippen LogP contribution < -0.4 is 5.73 Å². The van der Waals surface area contributed by atoms with Crippen LogP contribution in [0.2, 0.25) is 0 Å². The molecule has 13 heavy (non-hydrogen) atoms. The first-order valence-corrected chi connectivity index (χ1v) is 4.51. The summed E-state index contributed by atoms with van der Waals surface area (Å²) in [5, 5.41) is 0. The van der Waals surface area contributed by atoms with Crippen molar-refractivity contribution >= 4 is 0 Å². The van der Waals surface area contributed by atoms with E-state index in [-0.39, 0.29) is 0 Å². The number of nitrogens with two attached hydrogens (primary N) is 1. The second kappa shape index (κ2) is 6.63. The molecule has 1 rings (SSSR count). The van der Waals surface area contributed by atoms with Gasteiger partial charge in [-0.2, -0.15) is 0 Å². The molecule has 74 valence electrons. The van der Waals surface area contributed by atoms with Crippen LogP contribution in [0.3, 0.4) is 0 Å². The summed E-state index contributed by atoms with van der Waals surface area (Å²) in [7, 11) is 3.63. The molecule has 0 aromatic heterocycles. The van der Waals surface area contributed by atoms with E-state index in [1.165, 1.54) is 18.2 Å². The van der Waals surface area contributed by atoms with Gasteiger partial charge in [-0.3, -0.25) is 0 Å². The van der Waals surface area contributed by atoms with Crippen LogP contribution in [0.5, 0.6) is 0 Å². The minimum atomic E-state index is 1.02. The molecule has 0 bridgehead atoms. The minimum absolute atomic E-state index is 1.02. The fourth-order valence-corrected chi connectivity index (χ4v) is 1.37. The average Bonchev–Trinajstić information content (AvgIpc) is 2.20. The van der Waals surface area contributed by atoms with Gasteiger partial charge < -0.3 is 10.6 Å². The van der Waals surface area contributed by atoms with Crippen LogP contribution in [0.25, 0.3) is 0 Å². The van der Waals surface area contributed by atoms with Gasteiger partial charge in [0.15, 0.2) is 0 Å². The normalized spacial score (nSPS) is 17.5. The van der Waals surface area contributed by atoms with Crippen molar-refractivity contribution in [1.29, 1.82) is 0 Å². The van der Waals surface area contributed by atoms with E-state index >= 15 is 0 Å². The van der Waals surface area contributed by atoms with Crippen molar-refractivity contribution < 1.29 is 0 Å². The highest BCUT2D eigenvalue weighted by molar-refractivity contribution is 5.34. The fourth-order valence-electron chi connectivity index (χ4n) is 1.37. The first-order chi connectivity index (χ1) is 6.27. The molecule has 2 N–H and O–H groups in total. The van der Waals surface area contributed by atoms with Gasteiger partial charge in [-0.05, 0) is 31.7 Å². The van der Waals surface area contributed by atoms with Crippen LogP contribution in [-0.2, 0) is 0 Å². The van der Waals surface area contributed by atoms with Crippen molar-refractivity contribution in [2.75, 3.05) is 27.2 Å². The highest BCUT2D eigenvalue weighted by Crippen LogP contribution is 2.17. The number of rotatable bonds is 2. The van der Waals surface area contributed by atoms with Crippen molar-refractivity contribution in [3.05, 3.63) is 36.5 Å². The van der Waals surface area contributed by atoms with Gasteiger partial charge in [0.2, 0.25) is 0 Å². The molecule has 0 saturated heterocycles. The van der Waals surface area contributed by atoms with Gasteiger partial charge in [0.05, 0.1) is 0 Å². The molecule has 1 heterocycles. The Labute approximate surface area is 81.4 Å². The third-order valence-corrected chi connectivity index (χ3v) is 2.11. The third-order valence-electron chi connectivity index (χ3n) is 2.11. The number of nitrogens with zero attached hydrogens (tertiary/aromatic N) is 1. The van der Waals surface area contributed by atoms with Crippen LogP contribution in [0.1, 0.15) is 6.42 Å². The Morgan fingerprint density at radius 1 is 1.23 bits per heavy atom. The summed E-state index contributed by atoms with van der Waals surface area (Å²) in [5.41, 5.74) is 7.19. The molecule has 0 spiro atoms. The Morgan fingerprint density at radius 2 is 1.77 bits per heavy atom. The van der Waals surface area contributed by atoms with E-state index in [1.54, 1.807) is 0 Å². The van der Waals surface area contributed by atoms with Crippen molar-refractivity contribution in [3.63, 3.8) is 0 Å². The van der Waals surface area contributed by atoms with Crippen LogP contribution >= 0.6 is 0 Å². The van der Waals surface area contributed by atoms with Crippen LogP contribution in [0.15, 0.2) is 36.5 Å². The van der Waals surface area contributed by atoms with Crippen molar-refractivity contribution in [3.8, 4) is 0 Å². The highest BCUT2D eigenvalue weighted by atomic mass is 15.1. The number of allylic oxidation sites excluding steroid dienone is 1. The molecule has 0 amide bonds. The largest absolute Gasteiger partial charge is 0.333 e. The summed E-state index contributed by atoms with van der Waals surface area (Å²) in [6, 6.07) is 0. The Morgan fingerprint density at radius 3 is 2.23 bits per heavy atom. The summed E-state index contributed by atoms with van der Waals surface area (Å²) < 4.78 is 0. The van der Waals surface area contributed by atoms with E-state index in [0.29, 0.717) is 0 Å². The number of hydrogen-bond acceptors (Lipinski definition) is 2. The van der Waals surface area contributed by atoms with Gasteiger partial charge in [0, 0.05) is 13.1 Å². The standard InChI is InChI=1S/C10H15N.CH5N/c1-4-9-6-7-11(3)8-10(9)5-2;1-2/h4-5H,1-2,6-8H2,3H3;2H2,1H3. The Hall–Kier alpha value is -0.860. The van der Waals surface area contributed by atoms with Gasteiger partial charge >= 0.3 is 0 Å². The van der Waals surface area contributed by atoms with E-state index in [4.69, 9.17) is 0 Å². The first-order valence-electron chi connectivity index (χ1n) is 4.51. The number of hydrogen-bond donors (Lipinski definition) is 1. The summed E-state index contributed by atoms with van der Waals surface area (Å²) in [4.78, 5) is 2.30. The molecule has 0 aromatic carbocycles. The zero-order valence-corrected chi connectivity index (χ0v) is 8.71. The van der Waals surface area contributed by atoms with Gasteiger partial charge in [0.1, 0.15) is 0 Å². The van der Waals surface area contributed by atoms with E-state index in [2.05, 4.69) is 30.8 Å². The highest BCUT2D eigenvalue weighted by Gasteiger charge is 2.10. The molecule has 0 radical (unpaired) electrons. The summed E-state index contributed by atoms with van der Waals surface area (Å²) in [6.45, 7) is 9.72. The summed E-state index contributed by atoms with van der Waals surface area (Å²) >= 11 is 0. The van der Waals surface area contributed by atoms with Gasteiger partial charge in [0.25, 0.3) is 0 Å². The zero-order valence-electron chi connectivity index (χ0n) is 8.71. The van der Waals surface area contributed by atoms with E-state index in [1.807, 2.05) is 12.2 Å². The Balaban J connectivity index is 0.000000671. The molecular formula is C11H20N2. The molecular weight excluding hydrogens is 160 g/mol. The topological polar surface area (TPSA) is 29.3 Å². The van der Waals surface area contributed by atoms with Crippen molar-refractivity contribution in [2.45, 2.75) is 6.42 Å². The Kier molecular flexibility index (Phi) is 6.20. The lowest BCUT2D eigenvalue weighted by Crippen LogP contribution is -2.26. The minimum Gasteiger partial charge on any atom is -0.333 e. The van der Waals surface area contributed by atoms with E-state index in [9.17, 15) is 0 Å². The second-order valence-corrected chi connectivity index (χ2v) is 2.95. The predicted octanol–water partition coefficient (Wildman–Crippen LogP) is 1.57. The number of likely N-dealkylation sites (N-methyl/N-ethyl adjacent to an activating group) is 1. The molecule has 1 aliphatic heterocycles. The van der Waals surface area contributed by atoms with Crippen LogP contribution in [-0.4, -0.2) is 32.1 Å².